The third-order valence-corrected chi connectivity index (χ3v) is 5.84. The van der Waals surface area contributed by atoms with Crippen molar-refractivity contribution in [3.8, 4) is 11.3 Å². The van der Waals surface area contributed by atoms with Gasteiger partial charge in [0, 0.05) is 29.5 Å². The number of pyridine rings is 1. The Balaban J connectivity index is 1.42. The first-order chi connectivity index (χ1) is 16.5. The van der Waals surface area contributed by atoms with Crippen LogP contribution in [0.5, 0.6) is 0 Å². The summed E-state index contributed by atoms with van der Waals surface area (Å²) in [6.07, 6.45) is 2.98. The monoisotopic (exact) mass is 451 g/mol. The van der Waals surface area contributed by atoms with Gasteiger partial charge in [0.05, 0.1) is 11.2 Å². The second-order valence-electron chi connectivity index (χ2n) is 8.60. The standard InChI is InChI=1S/C27H25N5O2/c1-18(2)26(34)29-27-28-24-10-6-9-23(32(24)30-27)20-12-13-22-21(17-20)15-16-31(22)25(33)14-11-19-7-4-3-5-8-19/h3-10,12-13,15-18H,11,14H2,1-2H3,(H,29,30,34). The molecule has 0 aliphatic rings. The molecule has 3 heterocycles. The van der Waals surface area contributed by atoms with Crippen molar-refractivity contribution >= 4 is 34.3 Å². The number of carbonyl (C=O) groups is 2. The van der Waals surface area contributed by atoms with Crippen molar-refractivity contribution in [3.05, 3.63) is 84.6 Å². The molecule has 0 fully saturated rings. The summed E-state index contributed by atoms with van der Waals surface area (Å²) in [6.45, 7) is 3.65. The average Bonchev–Trinajstić information content (AvgIpc) is 3.46. The van der Waals surface area contributed by atoms with Crippen molar-refractivity contribution in [2.45, 2.75) is 26.7 Å². The molecule has 7 nitrogen and oxygen atoms in total. The first-order valence-corrected chi connectivity index (χ1v) is 11.3. The Bertz CT molecular complexity index is 1500. The highest BCUT2D eigenvalue weighted by Crippen LogP contribution is 2.26. The molecule has 0 atom stereocenters. The number of benzene rings is 2. The van der Waals surface area contributed by atoms with Crippen LogP contribution in [0.4, 0.5) is 5.95 Å². The van der Waals surface area contributed by atoms with E-state index in [-0.39, 0.29) is 23.7 Å². The molecule has 5 aromatic rings. The van der Waals surface area contributed by atoms with Gasteiger partial charge in [-0.3, -0.25) is 19.5 Å². The van der Waals surface area contributed by atoms with Gasteiger partial charge in [0.25, 0.3) is 0 Å². The molecule has 0 unspecified atom stereocenters. The van der Waals surface area contributed by atoms with Crippen LogP contribution in [0.15, 0.2) is 79.0 Å². The summed E-state index contributed by atoms with van der Waals surface area (Å²) in [5, 5.41) is 8.22. The molecule has 0 spiro atoms. The van der Waals surface area contributed by atoms with E-state index >= 15 is 0 Å². The average molecular weight is 452 g/mol. The zero-order valence-electron chi connectivity index (χ0n) is 19.1. The summed E-state index contributed by atoms with van der Waals surface area (Å²) in [6, 6.07) is 23.7. The molecule has 3 aromatic heterocycles. The number of nitrogens with one attached hydrogen (secondary N) is 1. The minimum atomic E-state index is -0.159. The van der Waals surface area contributed by atoms with Crippen molar-refractivity contribution in [2.75, 3.05) is 5.32 Å². The minimum absolute atomic E-state index is 0.0653. The minimum Gasteiger partial charge on any atom is -0.293 e. The highest BCUT2D eigenvalue weighted by atomic mass is 16.2. The number of aromatic nitrogens is 4. The van der Waals surface area contributed by atoms with E-state index in [0.717, 1.165) is 27.7 Å². The van der Waals surface area contributed by atoms with Crippen molar-refractivity contribution in [3.63, 3.8) is 0 Å². The topological polar surface area (TPSA) is 81.3 Å². The summed E-state index contributed by atoms with van der Waals surface area (Å²) in [5.74, 6) is 0.0583. The fourth-order valence-corrected chi connectivity index (χ4v) is 3.97. The Morgan fingerprint density at radius 3 is 2.59 bits per heavy atom. The number of hydrogen-bond donors (Lipinski definition) is 1. The van der Waals surface area contributed by atoms with Crippen molar-refractivity contribution in [1.82, 2.24) is 19.2 Å². The molecule has 0 radical (unpaired) electrons. The van der Waals surface area contributed by atoms with E-state index in [1.165, 1.54) is 0 Å². The number of amides is 1. The molecule has 0 bridgehead atoms. The number of fused-ring (bicyclic) bond motifs is 2. The lowest BCUT2D eigenvalue weighted by Crippen LogP contribution is -2.18. The molecule has 1 N–H and O–H groups in total. The van der Waals surface area contributed by atoms with Crippen LogP contribution < -0.4 is 5.32 Å². The van der Waals surface area contributed by atoms with Gasteiger partial charge in [0.15, 0.2) is 5.65 Å². The van der Waals surface area contributed by atoms with Gasteiger partial charge in [-0.05, 0) is 42.3 Å². The number of aryl methyl sites for hydroxylation is 1. The first kappa shape index (κ1) is 21.6. The van der Waals surface area contributed by atoms with Crippen molar-refractivity contribution in [1.29, 1.82) is 0 Å². The predicted octanol–water partition coefficient (Wildman–Crippen LogP) is 5.22. The highest BCUT2D eigenvalue weighted by molar-refractivity contribution is 5.94. The van der Waals surface area contributed by atoms with E-state index in [1.54, 1.807) is 9.08 Å². The van der Waals surface area contributed by atoms with Gasteiger partial charge < -0.3 is 0 Å². The number of carbonyl (C=O) groups excluding carboxylic acids is 2. The first-order valence-electron chi connectivity index (χ1n) is 11.3. The smallest absolute Gasteiger partial charge is 0.249 e. The van der Waals surface area contributed by atoms with Gasteiger partial charge in [-0.15, -0.1) is 5.10 Å². The fraction of sp³-hybridized carbons (Fsp3) is 0.185. The molecule has 170 valence electrons. The molecule has 2 aromatic carbocycles. The quantitative estimate of drug-likeness (QED) is 0.384. The van der Waals surface area contributed by atoms with E-state index in [4.69, 9.17) is 0 Å². The van der Waals surface area contributed by atoms with Crippen LogP contribution in [0, 0.1) is 5.92 Å². The van der Waals surface area contributed by atoms with Crippen molar-refractivity contribution < 1.29 is 9.59 Å². The summed E-state index contributed by atoms with van der Waals surface area (Å²) in [7, 11) is 0. The van der Waals surface area contributed by atoms with Crippen LogP contribution in [-0.4, -0.2) is 31.0 Å². The van der Waals surface area contributed by atoms with E-state index in [9.17, 15) is 9.59 Å². The van der Waals surface area contributed by atoms with Gasteiger partial charge in [-0.2, -0.15) is 4.98 Å². The Morgan fingerprint density at radius 2 is 1.79 bits per heavy atom. The van der Waals surface area contributed by atoms with Crippen LogP contribution >= 0.6 is 0 Å². The molecule has 0 aliphatic carbocycles. The molecule has 0 saturated heterocycles. The zero-order chi connectivity index (χ0) is 23.7. The lowest BCUT2D eigenvalue weighted by molar-refractivity contribution is -0.118. The molecule has 0 aliphatic heterocycles. The van der Waals surface area contributed by atoms with Crippen molar-refractivity contribution in [2.24, 2.45) is 5.92 Å². The van der Waals surface area contributed by atoms with E-state index in [2.05, 4.69) is 15.4 Å². The molecular weight excluding hydrogens is 426 g/mol. The maximum atomic E-state index is 12.9. The molecule has 0 saturated carbocycles. The number of hydrogen-bond acceptors (Lipinski definition) is 4. The summed E-state index contributed by atoms with van der Waals surface area (Å²) in [5.41, 5.74) is 4.46. The molecular formula is C27H25N5O2. The van der Waals surface area contributed by atoms with E-state index in [0.29, 0.717) is 18.5 Å². The Morgan fingerprint density at radius 1 is 0.971 bits per heavy atom. The van der Waals surface area contributed by atoms with Crippen LogP contribution in [0.25, 0.3) is 27.8 Å². The maximum Gasteiger partial charge on any atom is 0.249 e. The SMILES string of the molecule is CC(C)C(=O)Nc1nc2cccc(-c3ccc4c(ccn4C(=O)CCc4ccccc4)c3)n2n1. The maximum absolute atomic E-state index is 12.9. The highest BCUT2D eigenvalue weighted by Gasteiger charge is 2.15. The molecule has 5 rings (SSSR count). The van der Waals surface area contributed by atoms with Crippen LogP contribution in [0.2, 0.25) is 0 Å². The second kappa shape index (κ2) is 8.94. The van der Waals surface area contributed by atoms with E-state index in [1.807, 2.05) is 92.8 Å². The number of rotatable bonds is 6. The van der Waals surface area contributed by atoms with Gasteiger partial charge in [-0.25, -0.2) is 4.52 Å². The van der Waals surface area contributed by atoms with Gasteiger partial charge in [-0.1, -0.05) is 56.3 Å². The molecule has 1 amide bonds. The third-order valence-electron chi connectivity index (χ3n) is 5.84. The van der Waals surface area contributed by atoms with Gasteiger partial charge >= 0.3 is 0 Å². The van der Waals surface area contributed by atoms with Crippen LogP contribution in [-0.2, 0) is 11.2 Å². The summed E-state index contributed by atoms with van der Waals surface area (Å²) >= 11 is 0. The largest absolute Gasteiger partial charge is 0.293 e. The van der Waals surface area contributed by atoms with Gasteiger partial charge in [0.1, 0.15) is 0 Å². The number of anilines is 1. The number of nitrogens with zero attached hydrogens (tertiary/aromatic N) is 4. The Hall–Kier alpha value is -4.26. The van der Waals surface area contributed by atoms with Gasteiger partial charge in [0.2, 0.25) is 17.8 Å². The summed E-state index contributed by atoms with van der Waals surface area (Å²) < 4.78 is 3.44. The Kier molecular flexibility index (Phi) is 5.67. The lowest BCUT2D eigenvalue weighted by Gasteiger charge is -2.07. The summed E-state index contributed by atoms with van der Waals surface area (Å²) in [4.78, 5) is 29.3. The van der Waals surface area contributed by atoms with Crippen LogP contribution in [0.3, 0.4) is 0 Å². The Labute approximate surface area is 197 Å². The third kappa shape index (κ3) is 4.20. The zero-order valence-corrected chi connectivity index (χ0v) is 19.1. The van der Waals surface area contributed by atoms with Crippen LogP contribution in [0.1, 0.15) is 30.6 Å². The second-order valence-corrected chi connectivity index (χ2v) is 8.60. The lowest BCUT2D eigenvalue weighted by atomic mass is 10.1. The molecule has 7 heteroatoms. The normalized spacial score (nSPS) is 11.4. The van der Waals surface area contributed by atoms with E-state index < -0.39 is 0 Å². The predicted molar refractivity (Wildman–Crippen MR) is 133 cm³/mol. The molecule has 34 heavy (non-hydrogen) atoms. The fourth-order valence-electron chi connectivity index (χ4n) is 3.97.